The van der Waals surface area contributed by atoms with Crippen molar-refractivity contribution in [3.05, 3.63) is 53.6 Å². The van der Waals surface area contributed by atoms with E-state index in [1.165, 1.54) is 6.92 Å². The van der Waals surface area contributed by atoms with Crippen LogP contribution >= 0.6 is 0 Å². The first-order valence-corrected chi connectivity index (χ1v) is 8.79. The fraction of sp³-hybridized carbons (Fsp3) is 0.200. The number of hydrogen-bond acceptors (Lipinski definition) is 4. The average molecular weight is 380 g/mol. The molecule has 0 spiro atoms. The molecule has 0 bridgehead atoms. The van der Waals surface area contributed by atoms with Gasteiger partial charge in [0.25, 0.3) is 0 Å². The first kappa shape index (κ1) is 19.1. The minimum absolute atomic E-state index is 0.0735. The molecule has 0 fully saturated rings. The maximum absolute atomic E-state index is 12.1. The van der Waals surface area contributed by atoms with Crippen molar-refractivity contribution >= 4 is 40.7 Å². The van der Waals surface area contributed by atoms with E-state index >= 15 is 0 Å². The minimum atomic E-state index is -0.815. The first-order valence-electron chi connectivity index (χ1n) is 8.79. The maximum atomic E-state index is 12.1. The van der Waals surface area contributed by atoms with Crippen molar-refractivity contribution in [1.29, 1.82) is 0 Å². The van der Waals surface area contributed by atoms with Crippen LogP contribution in [0.1, 0.15) is 24.5 Å². The van der Waals surface area contributed by atoms with Gasteiger partial charge in [-0.15, -0.1) is 0 Å². The quantitative estimate of drug-likeness (QED) is 0.605. The number of hydrogen-bond donors (Lipinski definition) is 4. The molecule has 0 unspecified atom stereocenters. The van der Waals surface area contributed by atoms with E-state index in [1.807, 2.05) is 6.07 Å². The largest absolute Gasteiger partial charge is 0.352 e. The Kier molecular flexibility index (Phi) is 5.69. The topological polar surface area (TPSA) is 116 Å². The van der Waals surface area contributed by atoms with Crippen molar-refractivity contribution < 1.29 is 19.2 Å². The van der Waals surface area contributed by atoms with Crippen molar-refractivity contribution in [3.8, 4) is 0 Å². The molecule has 0 saturated carbocycles. The molecule has 28 heavy (non-hydrogen) atoms. The van der Waals surface area contributed by atoms with Crippen LogP contribution in [0.25, 0.3) is 0 Å². The second kappa shape index (κ2) is 8.34. The summed E-state index contributed by atoms with van der Waals surface area (Å²) in [6.45, 7) is 1.82. The zero-order valence-corrected chi connectivity index (χ0v) is 15.3. The van der Waals surface area contributed by atoms with E-state index in [0.717, 1.165) is 11.1 Å². The lowest BCUT2D eigenvalue weighted by molar-refractivity contribution is -0.132. The zero-order chi connectivity index (χ0) is 20.1. The molecule has 0 atom stereocenters. The van der Waals surface area contributed by atoms with Crippen molar-refractivity contribution in [3.63, 3.8) is 0 Å². The normalized spacial score (nSPS) is 12.4. The van der Waals surface area contributed by atoms with Crippen molar-refractivity contribution in [2.24, 2.45) is 0 Å². The molecule has 0 radical (unpaired) electrons. The molecule has 2 aromatic rings. The Bertz CT molecular complexity index is 938. The van der Waals surface area contributed by atoms with Crippen molar-refractivity contribution in [1.82, 2.24) is 5.32 Å². The van der Waals surface area contributed by atoms with Crippen LogP contribution in [0, 0.1) is 0 Å². The van der Waals surface area contributed by atoms with Crippen molar-refractivity contribution in [2.45, 2.75) is 26.3 Å². The number of benzene rings is 2. The summed E-state index contributed by atoms with van der Waals surface area (Å²) in [6.07, 6.45) is 1.08. The number of aryl methyl sites for hydroxylation is 1. The minimum Gasteiger partial charge on any atom is -0.352 e. The number of amides is 4. The number of carbonyl (C=O) groups excluding carboxylic acids is 4. The summed E-state index contributed by atoms with van der Waals surface area (Å²) in [4.78, 5) is 46.6. The molecule has 8 nitrogen and oxygen atoms in total. The van der Waals surface area contributed by atoms with Gasteiger partial charge in [-0.3, -0.25) is 19.2 Å². The molecule has 0 saturated heterocycles. The maximum Gasteiger partial charge on any atom is 0.314 e. The average Bonchev–Trinajstić information content (AvgIpc) is 2.67. The van der Waals surface area contributed by atoms with E-state index in [9.17, 15) is 19.2 Å². The summed E-state index contributed by atoms with van der Waals surface area (Å²) >= 11 is 0. The smallest absolute Gasteiger partial charge is 0.314 e. The van der Waals surface area contributed by atoms with Gasteiger partial charge in [0.15, 0.2) is 0 Å². The van der Waals surface area contributed by atoms with E-state index in [-0.39, 0.29) is 11.8 Å². The Morgan fingerprint density at radius 2 is 1.57 bits per heavy atom. The molecule has 0 aliphatic carbocycles. The van der Waals surface area contributed by atoms with Gasteiger partial charge in [0.05, 0.1) is 0 Å². The molecular formula is C20H20N4O4. The number of rotatable bonds is 4. The van der Waals surface area contributed by atoms with Crippen LogP contribution in [-0.2, 0) is 32.1 Å². The van der Waals surface area contributed by atoms with Gasteiger partial charge in [-0.2, -0.15) is 0 Å². The number of anilines is 3. The van der Waals surface area contributed by atoms with Gasteiger partial charge in [0.2, 0.25) is 11.8 Å². The summed E-state index contributed by atoms with van der Waals surface area (Å²) in [6, 6.07) is 11.9. The molecule has 2 aromatic carbocycles. The van der Waals surface area contributed by atoms with Gasteiger partial charge in [-0.25, -0.2) is 0 Å². The predicted octanol–water partition coefficient (Wildman–Crippen LogP) is 1.78. The van der Waals surface area contributed by atoms with Gasteiger partial charge in [0.1, 0.15) is 0 Å². The van der Waals surface area contributed by atoms with Gasteiger partial charge in [-0.1, -0.05) is 18.2 Å². The van der Waals surface area contributed by atoms with Crippen LogP contribution in [0.3, 0.4) is 0 Å². The third-order valence-electron chi connectivity index (χ3n) is 4.22. The summed E-state index contributed by atoms with van der Waals surface area (Å²) in [5.41, 5.74) is 3.38. The third kappa shape index (κ3) is 4.94. The van der Waals surface area contributed by atoms with Crippen LogP contribution in [0.5, 0.6) is 0 Å². The SMILES string of the molecule is CC(=O)NCc1ccc(NC(=O)C(=O)Nc2ccc3c(c2)NC(=O)CC3)cc1. The lowest BCUT2D eigenvalue weighted by Gasteiger charge is -2.17. The summed E-state index contributed by atoms with van der Waals surface area (Å²) < 4.78 is 0. The molecule has 3 rings (SSSR count). The highest BCUT2D eigenvalue weighted by molar-refractivity contribution is 6.43. The molecule has 1 aliphatic rings. The molecule has 1 heterocycles. The highest BCUT2D eigenvalue weighted by Gasteiger charge is 2.17. The number of nitrogens with one attached hydrogen (secondary N) is 4. The monoisotopic (exact) mass is 380 g/mol. The number of fused-ring (bicyclic) bond motifs is 1. The molecule has 1 aliphatic heterocycles. The third-order valence-corrected chi connectivity index (χ3v) is 4.22. The first-order chi connectivity index (χ1) is 13.4. The molecular weight excluding hydrogens is 360 g/mol. The van der Waals surface area contributed by atoms with Crippen LogP contribution in [-0.4, -0.2) is 23.6 Å². The Hall–Kier alpha value is -3.68. The standard InChI is InChI=1S/C20H20N4O4/c1-12(25)21-11-13-2-6-15(7-3-13)22-19(27)20(28)23-16-8-4-14-5-9-18(26)24-17(14)10-16/h2-4,6-8,10H,5,9,11H2,1H3,(H,21,25)(H,22,27)(H,23,28)(H,24,26). The second-order valence-corrected chi connectivity index (χ2v) is 6.44. The molecule has 8 heteroatoms. The lowest BCUT2D eigenvalue weighted by Crippen LogP contribution is -2.29. The predicted molar refractivity (Wildman–Crippen MR) is 105 cm³/mol. The van der Waals surface area contributed by atoms with E-state index < -0.39 is 11.8 Å². The van der Waals surface area contributed by atoms with E-state index in [1.54, 1.807) is 36.4 Å². The van der Waals surface area contributed by atoms with E-state index in [4.69, 9.17) is 0 Å². The number of carbonyl (C=O) groups is 4. The lowest BCUT2D eigenvalue weighted by atomic mass is 10.0. The van der Waals surface area contributed by atoms with Crippen LogP contribution in [0.2, 0.25) is 0 Å². The Morgan fingerprint density at radius 1 is 0.929 bits per heavy atom. The van der Waals surface area contributed by atoms with E-state index in [2.05, 4.69) is 21.3 Å². The molecule has 144 valence electrons. The Labute approximate surface area is 161 Å². The van der Waals surface area contributed by atoms with Crippen LogP contribution in [0.4, 0.5) is 17.1 Å². The highest BCUT2D eigenvalue weighted by Crippen LogP contribution is 2.25. The fourth-order valence-electron chi connectivity index (χ4n) is 2.76. The van der Waals surface area contributed by atoms with Gasteiger partial charge in [-0.05, 0) is 41.8 Å². The molecule has 4 amide bonds. The fourth-order valence-corrected chi connectivity index (χ4v) is 2.76. The van der Waals surface area contributed by atoms with Crippen LogP contribution in [0.15, 0.2) is 42.5 Å². The molecule has 0 aromatic heterocycles. The van der Waals surface area contributed by atoms with Gasteiger partial charge in [0, 0.05) is 37.0 Å². The Morgan fingerprint density at radius 3 is 2.25 bits per heavy atom. The summed E-state index contributed by atoms with van der Waals surface area (Å²) in [5, 5.41) is 10.5. The van der Waals surface area contributed by atoms with Crippen molar-refractivity contribution in [2.75, 3.05) is 16.0 Å². The zero-order valence-electron chi connectivity index (χ0n) is 15.3. The summed E-state index contributed by atoms with van der Waals surface area (Å²) in [5.74, 6) is -1.83. The summed E-state index contributed by atoms with van der Waals surface area (Å²) in [7, 11) is 0. The highest BCUT2D eigenvalue weighted by atomic mass is 16.2. The van der Waals surface area contributed by atoms with Crippen LogP contribution < -0.4 is 21.3 Å². The van der Waals surface area contributed by atoms with Gasteiger partial charge < -0.3 is 21.3 Å². The second-order valence-electron chi connectivity index (χ2n) is 6.44. The molecule has 4 N–H and O–H groups in total. The Balaban J connectivity index is 1.57. The van der Waals surface area contributed by atoms with E-state index in [0.29, 0.717) is 36.4 Å². The van der Waals surface area contributed by atoms with Gasteiger partial charge >= 0.3 is 11.8 Å².